The molecule has 1 amide bonds. The first-order valence-electron chi connectivity index (χ1n) is 9.21. The molecule has 11 heteroatoms. The zero-order valence-electron chi connectivity index (χ0n) is 16.9. The van der Waals surface area contributed by atoms with Gasteiger partial charge in [0.25, 0.3) is 0 Å². The summed E-state index contributed by atoms with van der Waals surface area (Å²) in [6.07, 6.45) is 1.77. The number of aryl methyl sites for hydroxylation is 2. The van der Waals surface area contributed by atoms with Gasteiger partial charge in [-0.15, -0.1) is 16.8 Å². The third kappa shape index (κ3) is 6.96. The van der Waals surface area contributed by atoms with Crippen molar-refractivity contribution in [2.24, 2.45) is 0 Å². The lowest BCUT2D eigenvalue weighted by atomic mass is 10.3. The number of halogens is 2. The Labute approximate surface area is 199 Å². The molecule has 2 aromatic heterocycles. The number of hydrogen-bond acceptors (Lipinski definition) is 7. The van der Waals surface area contributed by atoms with Gasteiger partial charge in [-0.3, -0.25) is 4.79 Å². The highest BCUT2D eigenvalue weighted by Crippen LogP contribution is 2.25. The molecule has 0 atom stereocenters. The molecule has 1 aromatic carbocycles. The Morgan fingerprint density at radius 2 is 1.77 bits per heavy atom. The molecule has 1 N–H and O–H groups in total. The first kappa shape index (κ1) is 23.6. The van der Waals surface area contributed by atoms with E-state index in [1.165, 1.54) is 23.5 Å². The van der Waals surface area contributed by atoms with Gasteiger partial charge in [0.1, 0.15) is 5.82 Å². The minimum atomic E-state index is -0.198. The molecule has 0 unspecified atom stereocenters. The summed E-state index contributed by atoms with van der Waals surface area (Å²) in [5.41, 5.74) is 2.39. The van der Waals surface area contributed by atoms with Gasteiger partial charge in [-0.1, -0.05) is 52.8 Å². The maximum absolute atomic E-state index is 12.3. The lowest BCUT2D eigenvalue weighted by Crippen LogP contribution is -2.14. The van der Waals surface area contributed by atoms with Crippen molar-refractivity contribution >= 4 is 58.3 Å². The van der Waals surface area contributed by atoms with Crippen LogP contribution in [0.4, 0.5) is 5.69 Å². The minimum Gasteiger partial charge on any atom is -0.325 e. The normalized spacial score (nSPS) is 10.8. The maximum Gasteiger partial charge on any atom is 0.234 e. The second-order valence-electron chi connectivity index (χ2n) is 6.52. The highest BCUT2D eigenvalue weighted by Gasteiger charge is 2.15. The summed E-state index contributed by atoms with van der Waals surface area (Å²) in [4.78, 5) is 21.2. The van der Waals surface area contributed by atoms with E-state index in [9.17, 15) is 4.79 Å². The summed E-state index contributed by atoms with van der Waals surface area (Å²) in [6.45, 7) is 8.22. The molecule has 162 valence electrons. The molecular formula is C20H20Cl2N6OS2. The summed E-state index contributed by atoms with van der Waals surface area (Å²) in [5, 5.41) is 13.5. The van der Waals surface area contributed by atoms with E-state index in [0.717, 1.165) is 17.2 Å². The summed E-state index contributed by atoms with van der Waals surface area (Å²) in [6, 6.07) is 6.82. The van der Waals surface area contributed by atoms with Gasteiger partial charge in [-0.05, 0) is 38.1 Å². The zero-order valence-corrected chi connectivity index (χ0v) is 20.1. The van der Waals surface area contributed by atoms with E-state index in [2.05, 4.69) is 32.1 Å². The van der Waals surface area contributed by atoms with Crippen LogP contribution in [0.5, 0.6) is 0 Å². The summed E-state index contributed by atoms with van der Waals surface area (Å²) in [5.74, 6) is 1.28. The van der Waals surface area contributed by atoms with Gasteiger partial charge in [0, 0.05) is 33.7 Å². The molecule has 7 nitrogen and oxygen atoms in total. The van der Waals surface area contributed by atoms with Gasteiger partial charge >= 0.3 is 0 Å². The number of rotatable bonds is 9. The molecule has 0 bridgehead atoms. The predicted molar refractivity (Wildman–Crippen MR) is 127 cm³/mol. The van der Waals surface area contributed by atoms with Crippen molar-refractivity contribution in [1.29, 1.82) is 0 Å². The molecule has 0 radical (unpaired) electrons. The van der Waals surface area contributed by atoms with Crippen molar-refractivity contribution in [1.82, 2.24) is 24.7 Å². The minimum absolute atomic E-state index is 0.159. The van der Waals surface area contributed by atoms with E-state index in [-0.39, 0.29) is 11.7 Å². The Bertz CT molecular complexity index is 1060. The average Bonchev–Trinajstić information content (AvgIpc) is 3.05. The van der Waals surface area contributed by atoms with Gasteiger partial charge in [-0.2, -0.15) is 0 Å². The lowest BCUT2D eigenvalue weighted by molar-refractivity contribution is -0.113. The molecule has 0 saturated heterocycles. The van der Waals surface area contributed by atoms with Crippen LogP contribution >= 0.6 is 46.7 Å². The quantitative estimate of drug-likeness (QED) is 0.248. The lowest BCUT2D eigenvalue weighted by Gasteiger charge is -2.08. The molecule has 3 aromatic rings. The van der Waals surface area contributed by atoms with E-state index < -0.39 is 0 Å². The molecular weight excluding hydrogens is 475 g/mol. The zero-order chi connectivity index (χ0) is 22.4. The van der Waals surface area contributed by atoms with Gasteiger partial charge in [0.15, 0.2) is 10.3 Å². The molecule has 0 aliphatic heterocycles. The first-order chi connectivity index (χ1) is 14.8. The fourth-order valence-electron chi connectivity index (χ4n) is 2.69. The topological polar surface area (TPSA) is 85.6 Å². The molecule has 0 fully saturated rings. The van der Waals surface area contributed by atoms with E-state index in [1.54, 1.807) is 24.3 Å². The monoisotopic (exact) mass is 494 g/mol. The van der Waals surface area contributed by atoms with Crippen molar-refractivity contribution in [3.63, 3.8) is 0 Å². The number of thioether (sulfide) groups is 2. The van der Waals surface area contributed by atoms with Crippen LogP contribution in [0, 0.1) is 13.8 Å². The molecule has 2 heterocycles. The fourth-order valence-corrected chi connectivity index (χ4v) is 4.87. The second-order valence-corrected chi connectivity index (χ2v) is 9.27. The summed E-state index contributed by atoms with van der Waals surface area (Å²) in [7, 11) is 0. The number of carbonyl (C=O) groups is 1. The Balaban J connectivity index is 1.64. The van der Waals surface area contributed by atoms with Gasteiger partial charge in [-0.25, -0.2) is 9.97 Å². The molecule has 0 saturated carbocycles. The Morgan fingerprint density at radius 1 is 1.10 bits per heavy atom. The van der Waals surface area contributed by atoms with E-state index in [0.29, 0.717) is 38.3 Å². The van der Waals surface area contributed by atoms with Crippen LogP contribution in [0.3, 0.4) is 0 Å². The standard InChI is InChI=1S/C20H20Cl2N6OS2/c1-4-5-28-17(10-30-19-23-12(2)6-13(3)24-19)26-27-20(28)31-11-18(29)25-16-8-14(21)7-15(22)9-16/h4,6-9H,1,5,10-11H2,2-3H3,(H,25,29). The van der Waals surface area contributed by atoms with Crippen LogP contribution in [0.25, 0.3) is 0 Å². The predicted octanol–water partition coefficient (Wildman–Crippen LogP) is 5.20. The largest absolute Gasteiger partial charge is 0.325 e. The molecule has 0 aliphatic carbocycles. The molecule has 3 rings (SSSR count). The van der Waals surface area contributed by atoms with Crippen LogP contribution in [0.2, 0.25) is 10.0 Å². The van der Waals surface area contributed by atoms with Crippen LogP contribution in [-0.4, -0.2) is 36.4 Å². The number of carbonyl (C=O) groups excluding carboxylic acids is 1. The van der Waals surface area contributed by atoms with Crippen molar-refractivity contribution in [3.8, 4) is 0 Å². The number of aromatic nitrogens is 5. The first-order valence-corrected chi connectivity index (χ1v) is 11.9. The number of anilines is 1. The highest BCUT2D eigenvalue weighted by molar-refractivity contribution is 7.99. The molecule has 31 heavy (non-hydrogen) atoms. The molecule has 0 spiro atoms. The second kappa shape index (κ2) is 11.0. The van der Waals surface area contributed by atoms with Crippen LogP contribution in [-0.2, 0) is 17.1 Å². The van der Waals surface area contributed by atoms with Crippen molar-refractivity contribution in [3.05, 3.63) is 64.2 Å². The number of nitrogens with zero attached hydrogens (tertiary/aromatic N) is 5. The van der Waals surface area contributed by atoms with Crippen LogP contribution in [0.15, 0.2) is 47.2 Å². The van der Waals surface area contributed by atoms with Crippen LogP contribution in [0.1, 0.15) is 17.2 Å². The average molecular weight is 495 g/mol. The van der Waals surface area contributed by atoms with Crippen molar-refractivity contribution in [2.45, 2.75) is 36.5 Å². The number of amides is 1. The van der Waals surface area contributed by atoms with E-state index in [1.807, 2.05) is 24.5 Å². The highest BCUT2D eigenvalue weighted by atomic mass is 35.5. The Hall–Kier alpha value is -2.07. The number of hydrogen-bond donors (Lipinski definition) is 1. The number of benzene rings is 1. The number of nitrogens with one attached hydrogen (secondary N) is 1. The Kier molecular flexibility index (Phi) is 8.36. The SMILES string of the molecule is C=CCn1c(CSc2nc(C)cc(C)n2)nnc1SCC(=O)Nc1cc(Cl)cc(Cl)c1. The summed E-state index contributed by atoms with van der Waals surface area (Å²) >= 11 is 14.7. The molecule has 0 aliphatic rings. The van der Waals surface area contributed by atoms with Crippen molar-refractivity contribution < 1.29 is 4.79 Å². The Morgan fingerprint density at radius 3 is 2.42 bits per heavy atom. The van der Waals surface area contributed by atoms with Gasteiger partial charge in [0.05, 0.1) is 11.5 Å². The smallest absolute Gasteiger partial charge is 0.234 e. The van der Waals surface area contributed by atoms with E-state index in [4.69, 9.17) is 23.2 Å². The van der Waals surface area contributed by atoms with E-state index >= 15 is 0 Å². The third-order valence-electron chi connectivity index (χ3n) is 3.88. The van der Waals surface area contributed by atoms with Gasteiger partial charge < -0.3 is 9.88 Å². The summed E-state index contributed by atoms with van der Waals surface area (Å²) < 4.78 is 1.93. The third-order valence-corrected chi connectivity index (χ3v) is 6.12. The maximum atomic E-state index is 12.3. The van der Waals surface area contributed by atoms with Crippen molar-refractivity contribution in [2.75, 3.05) is 11.1 Å². The number of allylic oxidation sites excluding steroid dienone is 1. The van der Waals surface area contributed by atoms with Crippen LogP contribution < -0.4 is 5.32 Å². The fraction of sp³-hybridized carbons (Fsp3) is 0.250. The van der Waals surface area contributed by atoms with Gasteiger partial charge in [0.2, 0.25) is 5.91 Å².